The first-order valence-corrected chi connectivity index (χ1v) is 12.8. The van der Waals surface area contributed by atoms with E-state index in [1.54, 1.807) is 6.08 Å². The molecule has 1 saturated carbocycles. The van der Waals surface area contributed by atoms with E-state index in [1.165, 1.54) is 0 Å². The molecule has 0 unspecified atom stereocenters. The molecule has 8 nitrogen and oxygen atoms in total. The largest absolute Gasteiger partial charge is 0.488 e. The van der Waals surface area contributed by atoms with Gasteiger partial charge in [0.05, 0.1) is 16.7 Å². The quantitative estimate of drug-likeness (QED) is 0.575. The van der Waals surface area contributed by atoms with Crippen molar-refractivity contribution < 1.29 is 23.9 Å². The van der Waals surface area contributed by atoms with Gasteiger partial charge < -0.3 is 19.7 Å². The predicted octanol–water partition coefficient (Wildman–Crippen LogP) is 4.83. The maximum absolute atomic E-state index is 12.4. The Morgan fingerprint density at radius 3 is 2.62 bits per heavy atom. The fourth-order valence-electron chi connectivity index (χ4n) is 4.61. The van der Waals surface area contributed by atoms with Crippen molar-refractivity contribution in [2.24, 2.45) is 0 Å². The minimum absolute atomic E-state index is 0.0747. The van der Waals surface area contributed by atoms with Crippen molar-refractivity contribution in [3.8, 4) is 5.75 Å². The van der Waals surface area contributed by atoms with Gasteiger partial charge in [0.2, 0.25) is 0 Å². The molecule has 34 heavy (non-hydrogen) atoms. The monoisotopic (exact) mass is 487 g/mol. The standard InChI is InChI=1S/C25H33N3O5S/c1-25(2,3)33-23(30)26-17-9-7-13-28(15-17)21-16(14-20-22(29)27-24(31)34-20)8-6-12-19(21)32-18-10-4-5-11-18/h6,8,12,14,17-18H,4-5,7,9-11,13,15H2,1-3H3,(H,26,30)(H,27,29,31)/t17-/m1/s1. The Morgan fingerprint density at radius 1 is 1.18 bits per heavy atom. The molecule has 1 atom stereocenters. The molecule has 184 valence electrons. The highest BCUT2D eigenvalue weighted by molar-refractivity contribution is 8.18. The van der Waals surface area contributed by atoms with E-state index >= 15 is 0 Å². The number of thioether (sulfide) groups is 1. The average Bonchev–Trinajstić information content (AvgIpc) is 3.36. The number of amides is 3. The van der Waals surface area contributed by atoms with Gasteiger partial charge >= 0.3 is 6.09 Å². The Hall–Kier alpha value is -2.68. The summed E-state index contributed by atoms with van der Waals surface area (Å²) in [4.78, 5) is 38.8. The lowest BCUT2D eigenvalue weighted by molar-refractivity contribution is -0.115. The van der Waals surface area contributed by atoms with Gasteiger partial charge in [0.15, 0.2) is 0 Å². The van der Waals surface area contributed by atoms with Gasteiger partial charge in [0, 0.05) is 24.7 Å². The van der Waals surface area contributed by atoms with E-state index in [-0.39, 0.29) is 23.3 Å². The van der Waals surface area contributed by atoms with Crippen LogP contribution in [0.25, 0.3) is 6.08 Å². The van der Waals surface area contributed by atoms with Crippen LogP contribution in [0.15, 0.2) is 23.1 Å². The predicted molar refractivity (Wildman–Crippen MR) is 133 cm³/mol. The van der Waals surface area contributed by atoms with Crippen LogP contribution in [0, 0.1) is 0 Å². The van der Waals surface area contributed by atoms with E-state index in [9.17, 15) is 14.4 Å². The lowest BCUT2D eigenvalue weighted by atomic mass is 10.0. The Labute approximate surface area is 204 Å². The molecule has 0 aromatic heterocycles. The second kappa shape index (κ2) is 10.3. The van der Waals surface area contributed by atoms with E-state index in [4.69, 9.17) is 9.47 Å². The number of rotatable bonds is 5. The number of benzene rings is 1. The Balaban J connectivity index is 1.61. The molecule has 2 aliphatic heterocycles. The van der Waals surface area contributed by atoms with Crippen LogP contribution in [-0.2, 0) is 9.53 Å². The summed E-state index contributed by atoms with van der Waals surface area (Å²) < 4.78 is 11.9. The van der Waals surface area contributed by atoms with Gasteiger partial charge in [-0.3, -0.25) is 14.9 Å². The zero-order valence-electron chi connectivity index (χ0n) is 20.0. The van der Waals surface area contributed by atoms with Crippen LogP contribution in [-0.4, -0.2) is 48.1 Å². The summed E-state index contributed by atoms with van der Waals surface area (Å²) in [6, 6.07) is 5.74. The highest BCUT2D eigenvalue weighted by atomic mass is 32.2. The smallest absolute Gasteiger partial charge is 0.407 e. The number of nitrogens with one attached hydrogen (secondary N) is 2. The van der Waals surface area contributed by atoms with Crippen molar-refractivity contribution >= 4 is 40.8 Å². The van der Waals surface area contributed by atoms with Crippen molar-refractivity contribution in [1.82, 2.24) is 10.6 Å². The van der Waals surface area contributed by atoms with Gasteiger partial charge in [-0.15, -0.1) is 0 Å². The molecule has 2 saturated heterocycles. The molecular weight excluding hydrogens is 454 g/mol. The molecule has 1 aromatic carbocycles. The number of carbonyl (C=O) groups is 3. The van der Waals surface area contributed by atoms with Crippen LogP contribution < -0.4 is 20.3 Å². The average molecular weight is 488 g/mol. The number of para-hydroxylation sites is 1. The number of hydrogen-bond donors (Lipinski definition) is 2. The number of alkyl carbamates (subject to hydrolysis) is 1. The van der Waals surface area contributed by atoms with Crippen molar-refractivity contribution in [3.05, 3.63) is 28.7 Å². The first kappa shape index (κ1) is 24.4. The Morgan fingerprint density at radius 2 is 1.94 bits per heavy atom. The minimum Gasteiger partial charge on any atom is -0.488 e. The molecule has 2 N–H and O–H groups in total. The molecule has 0 spiro atoms. The zero-order chi connectivity index (χ0) is 24.3. The maximum atomic E-state index is 12.4. The lowest BCUT2D eigenvalue weighted by Crippen LogP contribution is -2.49. The Bertz CT molecular complexity index is 981. The first-order valence-electron chi connectivity index (χ1n) is 12.0. The van der Waals surface area contributed by atoms with Crippen LogP contribution in [0.2, 0.25) is 0 Å². The van der Waals surface area contributed by atoms with Gasteiger partial charge in [0.1, 0.15) is 11.4 Å². The third-order valence-electron chi connectivity index (χ3n) is 6.01. The van der Waals surface area contributed by atoms with E-state index < -0.39 is 11.7 Å². The summed E-state index contributed by atoms with van der Waals surface area (Å²) in [6.07, 6.45) is 7.63. The molecule has 0 bridgehead atoms. The number of imide groups is 1. The van der Waals surface area contributed by atoms with Crippen molar-refractivity contribution in [1.29, 1.82) is 0 Å². The lowest BCUT2D eigenvalue weighted by Gasteiger charge is -2.37. The number of piperidine rings is 1. The van der Waals surface area contributed by atoms with Gasteiger partial charge in [-0.25, -0.2) is 4.79 Å². The van der Waals surface area contributed by atoms with Crippen LogP contribution in [0.3, 0.4) is 0 Å². The van der Waals surface area contributed by atoms with Gasteiger partial charge in [-0.05, 0) is 83.2 Å². The molecule has 1 aromatic rings. The summed E-state index contributed by atoms with van der Waals surface area (Å²) in [5.74, 6) is 0.389. The number of carbonyl (C=O) groups excluding carboxylic acids is 3. The third-order valence-corrected chi connectivity index (χ3v) is 6.82. The van der Waals surface area contributed by atoms with Crippen LogP contribution in [0.4, 0.5) is 15.3 Å². The summed E-state index contributed by atoms with van der Waals surface area (Å²) in [7, 11) is 0. The summed E-state index contributed by atoms with van der Waals surface area (Å²) in [5, 5.41) is 4.95. The molecule has 4 rings (SSSR count). The topological polar surface area (TPSA) is 97.0 Å². The number of hydrogen-bond acceptors (Lipinski definition) is 7. The minimum atomic E-state index is -0.559. The highest BCUT2D eigenvalue weighted by Crippen LogP contribution is 2.39. The molecule has 3 fully saturated rings. The molecule has 2 heterocycles. The van der Waals surface area contributed by atoms with E-state index in [1.807, 2.05) is 39.0 Å². The normalized spacial score (nSPS) is 22.7. The summed E-state index contributed by atoms with van der Waals surface area (Å²) >= 11 is 0.905. The number of anilines is 1. The van der Waals surface area contributed by atoms with Gasteiger partial charge in [0.25, 0.3) is 11.1 Å². The van der Waals surface area contributed by atoms with Crippen molar-refractivity contribution in [2.45, 2.75) is 77.0 Å². The molecule has 1 aliphatic carbocycles. The number of nitrogens with zero attached hydrogens (tertiary/aromatic N) is 1. The highest BCUT2D eigenvalue weighted by Gasteiger charge is 2.30. The molecule has 0 radical (unpaired) electrons. The Kier molecular flexibility index (Phi) is 7.40. The molecule has 3 aliphatic rings. The van der Waals surface area contributed by atoms with Crippen molar-refractivity contribution in [2.75, 3.05) is 18.0 Å². The third kappa shape index (κ3) is 6.25. The number of ether oxygens (including phenoxy) is 2. The SMILES string of the molecule is CC(C)(C)OC(=O)N[C@@H]1CCCN(c2c(C=C3SC(=O)NC3=O)cccc2OC2CCCC2)C1. The van der Waals surface area contributed by atoms with E-state index in [2.05, 4.69) is 15.5 Å². The summed E-state index contributed by atoms with van der Waals surface area (Å²) in [6.45, 7) is 6.93. The van der Waals surface area contributed by atoms with Crippen LogP contribution in [0.5, 0.6) is 5.75 Å². The van der Waals surface area contributed by atoms with Gasteiger partial charge in [-0.1, -0.05) is 12.1 Å². The van der Waals surface area contributed by atoms with E-state index in [0.29, 0.717) is 11.4 Å². The van der Waals surface area contributed by atoms with Gasteiger partial charge in [-0.2, -0.15) is 0 Å². The summed E-state index contributed by atoms with van der Waals surface area (Å²) in [5.41, 5.74) is 1.15. The molecule has 9 heteroatoms. The van der Waals surface area contributed by atoms with Crippen LogP contribution in [0.1, 0.15) is 64.9 Å². The van der Waals surface area contributed by atoms with Crippen molar-refractivity contribution in [3.63, 3.8) is 0 Å². The second-order valence-electron chi connectivity index (χ2n) is 10.0. The molecular formula is C25H33N3O5S. The van der Waals surface area contributed by atoms with Crippen LogP contribution >= 0.6 is 11.8 Å². The van der Waals surface area contributed by atoms with E-state index in [0.717, 1.165) is 73.8 Å². The fourth-order valence-corrected chi connectivity index (χ4v) is 5.28. The first-order chi connectivity index (χ1) is 16.2. The molecule has 3 amide bonds. The second-order valence-corrected chi connectivity index (χ2v) is 11.0. The fraction of sp³-hybridized carbons (Fsp3) is 0.560. The maximum Gasteiger partial charge on any atom is 0.407 e. The zero-order valence-corrected chi connectivity index (χ0v) is 20.8.